The fourth-order valence-electron chi connectivity index (χ4n) is 1.98. The Labute approximate surface area is 131 Å². The van der Waals surface area contributed by atoms with Crippen LogP contribution in [0.1, 0.15) is 25.2 Å². The van der Waals surface area contributed by atoms with Gasteiger partial charge >= 0.3 is 0 Å². The van der Waals surface area contributed by atoms with Crippen molar-refractivity contribution in [1.29, 1.82) is 0 Å². The Hall–Kier alpha value is -0.960. The van der Waals surface area contributed by atoms with E-state index in [-0.39, 0.29) is 12.4 Å². The van der Waals surface area contributed by atoms with E-state index in [4.69, 9.17) is 16.0 Å². The summed E-state index contributed by atoms with van der Waals surface area (Å²) in [6, 6.07) is 9.90. The number of nitrogens with one attached hydrogen (secondary N) is 1. The number of benzene rings is 1. The SMILES string of the molecule is Cc1c(Cl)cccc1-c1ccc(CNCC(C)C)o1.Cl. The third kappa shape index (κ3) is 4.27. The zero-order valence-corrected chi connectivity index (χ0v) is 13.6. The molecule has 0 aliphatic rings. The number of furan rings is 1. The van der Waals surface area contributed by atoms with Crippen LogP contribution in [0.25, 0.3) is 11.3 Å². The molecule has 4 heteroatoms. The Balaban J connectivity index is 0.00000200. The Morgan fingerprint density at radius 3 is 2.65 bits per heavy atom. The van der Waals surface area contributed by atoms with Crippen molar-refractivity contribution in [2.45, 2.75) is 27.3 Å². The summed E-state index contributed by atoms with van der Waals surface area (Å²) in [7, 11) is 0. The van der Waals surface area contributed by atoms with Crippen molar-refractivity contribution in [2.24, 2.45) is 5.92 Å². The topological polar surface area (TPSA) is 25.2 Å². The van der Waals surface area contributed by atoms with E-state index in [2.05, 4.69) is 19.2 Å². The lowest BCUT2D eigenvalue weighted by Gasteiger charge is -2.06. The number of rotatable bonds is 5. The fraction of sp³-hybridized carbons (Fsp3) is 0.375. The van der Waals surface area contributed by atoms with Crippen LogP contribution in [0, 0.1) is 12.8 Å². The highest BCUT2D eigenvalue weighted by molar-refractivity contribution is 6.31. The number of halogens is 2. The smallest absolute Gasteiger partial charge is 0.134 e. The van der Waals surface area contributed by atoms with Crippen molar-refractivity contribution in [3.8, 4) is 11.3 Å². The summed E-state index contributed by atoms with van der Waals surface area (Å²) in [5, 5.41) is 4.14. The molecule has 20 heavy (non-hydrogen) atoms. The second kappa shape index (κ2) is 7.72. The molecular formula is C16H21Cl2NO. The number of hydrogen-bond acceptors (Lipinski definition) is 2. The van der Waals surface area contributed by atoms with Gasteiger partial charge in [-0.15, -0.1) is 12.4 Å². The van der Waals surface area contributed by atoms with Gasteiger partial charge in [-0.1, -0.05) is 37.6 Å². The maximum Gasteiger partial charge on any atom is 0.134 e. The molecule has 0 saturated heterocycles. The van der Waals surface area contributed by atoms with E-state index in [1.54, 1.807) is 0 Å². The van der Waals surface area contributed by atoms with Crippen molar-refractivity contribution >= 4 is 24.0 Å². The lowest BCUT2D eigenvalue weighted by molar-refractivity contribution is 0.472. The van der Waals surface area contributed by atoms with Crippen LogP contribution in [-0.4, -0.2) is 6.54 Å². The van der Waals surface area contributed by atoms with Crippen LogP contribution in [0.4, 0.5) is 0 Å². The highest BCUT2D eigenvalue weighted by Crippen LogP contribution is 2.29. The molecule has 0 radical (unpaired) electrons. The molecule has 1 heterocycles. The zero-order valence-electron chi connectivity index (χ0n) is 12.1. The molecule has 0 aliphatic carbocycles. The average molecular weight is 314 g/mol. The standard InChI is InChI=1S/C16H20ClNO.ClH/c1-11(2)9-18-10-13-7-8-16(19-13)14-5-4-6-15(17)12(14)3;/h4-8,11,18H,9-10H2,1-3H3;1H. The third-order valence-electron chi connectivity index (χ3n) is 3.05. The largest absolute Gasteiger partial charge is 0.460 e. The van der Waals surface area contributed by atoms with Crippen LogP contribution >= 0.6 is 24.0 Å². The molecule has 0 unspecified atom stereocenters. The molecule has 0 atom stereocenters. The van der Waals surface area contributed by atoms with Gasteiger partial charge in [-0.3, -0.25) is 0 Å². The molecule has 2 nitrogen and oxygen atoms in total. The van der Waals surface area contributed by atoms with Gasteiger partial charge in [0.05, 0.1) is 6.54 Å². The van der Waals surface area contributed by atoms with E-state index < -0.39 is 0 Å². The lowest BCUT2D eigenvalue weighted by atomic mass is 10.1. The van der Waals surface area contributed by atoms with Gasteiger partial charge < -0.3 is 9.73 Å². The minimum absolute atomic E-state index is 0. The van der Waals surface area contributed by atoms with Crippen LogP contribution in [0.3, 0.4) is 0 Å². The monoisotopic (exact) mass is 313 g/mol. The Morgan fingerprint density at radius 2 is 1.95 bits per heavy atom. The molecule has 110 valence electrons. The normalized spacial score (nSPS) is 10.7. The summed E-state index contributed by atoms with van der Waals surface area (Å²) < 4.78 is 5.87. The first-order chi connectivity index (χ1) is 9.08. The van der Waals surface area contributed by atoms with Crippen molar-refractivity contribution in [1.82, 2.24) is 5.32 Å². The minimum atomic E-state index is 0. The second-order valence-corrected chi connectivity index (χ2v) is 5.61. The summed E-state index contributed by atoms with van der Waals surface area (Å²) in [6.07, 6.45) is 0. The first-order valence-corrected chi connectivity index (χ1v) is 7.00. The molecule has 0 saturated carbocycles. The third-order valence-corrected chi connectivity index (χ3v) is 3.46. The molecule has 0 bridgehead atoms. The van der Waals surface area contributed by atoms with Gasteiger partial charge in [-0.25, -0.2) is 0 Å². The summed E-state index contributed by atoms with van der Waals surface area (Å²) in [5.41, 5.74) is 2.11. The van der Waals surface area contributed by atoms with Crippen molar-refractivity contribution in [3.63, 3.8) is 0 Å². The van der Waals surface area contributed by atoms with E-state index in [1.807, 2.05) is 37.3 Å². The van der Waals surface area contributed by atoms with Crippen molar-refractivity contribution in [3.05, 3.63) is 46.7 Å². The summed E-state index contributed by atoms with van der Waals surface area (Å²) >= 11 is 6.13. The van der Waals surface area contributed by atoms with Gasteiger partial charge in [0.1, 0.15) is 11.5 Å². The van der Waals surface area contributed by atoms with E-state index >= 15 is 0 Å². The van der Waals surface area contributed by atoms with Crippen LogP contribution in [0.5, 0.6) is 0 Å². The zero-order chi connectivity index (χ0) is 13.8. The van der Waals surface area contributed by atoms with Crippen LogP contribution in [-0.2, 0) is 6.54 Å². The van der Waals surface area contributed by atoms with Gasteiger partial charge in [0.15, 0.2) is 0 Å². The maximum absolute atomic E-state index is 6.13. The van der Waals surface area contributed by atoms with Crippen LogP contribution in [0.2, 0.25) is 5.02 Å². The molecule has 2 aromatic rings. The fourth-order valence-corrected chi connectivity index (χ4v) is 2.15. The quantitative estimate of drug-likeness (QED) is 0.833. The van der Waals surface area contributed by atoms with E-state index in [9.17, 15) is 0 Å². The molecule has 0 amide bonds. The molecular weight excluding hydrogens is 293 g/mol. The van der Waals surface area contributed by atoms with Crippen LogP contribution in [0.15, 0.2) is 34.7 Å². The highest BCUT2D eigenvalue weighted by Gasteiger charge is 2.09. The summed E-state index contributed by atoms with van der Waals surface area (Å²) in [6.45, 7) is 8.15. The maximum atomic E-state index is 6.13. The Kier molecular flexibility index (Phi) is 6.60. The van der Waals surface area contributed by atoms with Crippen LogP contribution < -0.4 is 5.32 Å². The van der Waals surface area contributed by atoms with Gasteiger partial charge in [0, 0.05) is 10.6 Å². The predicted octanol–water partition coefficient (Wildman–Crippen LogP) is 5.08. The molecule has 0 aliphatic heterocycles. The molecule has 0 fully saturated rings. The Morgan fingerprint density at radius 1 is 1.20 bits per heavy atom. The molecule has 2 rings (SSSR count). The van der Waals surface area contributed by atoms with Crippen molar-refractivity contribution in [2.75, 3.05) is 6.54 Å². The molecule has 0 spiro atoms. The summed E-state index contributed by atoms with van der Waals surface area (Å²) in [4.78, 5) is 0. The highest BCUT2D eigenvalue weighted by atomic mass is 35.5. The molecule has 1 aromatic carbocycles. The Bertz CT molecular complexity index is 549. The lowest BCUT2D eigenvalue weighted by Crippen LogP contribution is -2.18. The van der Waals surface area contributed by atoms with E-state index in [1.165, 1.54) is 0 Å². The second-order valence-electron chi connectivity index (χ2n) is 5.20. The minimum Gasteiger partial charge on any atom is -0.460 e. The average Bonchev–Trinajstić information content (AvgIpc) is 2.81. The first-order valence-electron chi connectivity index (χ1n) is 6.63. The summed E-state index contributed by atoms with van der Waals surface area (Å²) in [5.74, 6) is 2.47. The number of hydrogen-bond donors (Lipinski definition) is 1. The van der Waals surface area contributed by atoms with E-state index in [0.29, 0.717) is 5.92 Å². The van der Waals surface area contributed by atoms with Gasteiger partial charge in [-0.05, 0) is 43.1 Å². The first kappa shape index (κ1) is 17.1. The van der Waals surface area contributed by atoms with E-state index in [0.717, 1.165) is 40.8 Å². The van der Waals surface area contributed by atoms with Crippen molar-refractivity contribution < 1.29 is 4.42 Å². The molecule has 1 N–H and O–H groups in total. The predicted molar refractivity (Wildman–Crippen MR) is 87.7 cm³/mol. The van der Waals surface area contributed by atoms with Gasteiger partial charge in [-0.2, -0.15) is 0 Å². The van der Waals surface area contributed by atoms with Gasteiger partial charge in [0.25, 0.3) is 0 Å². The van der Waals surface area contributed by atoms with Gasteiger partial charge in [0.2, 0.25) is 0 Å². The molecule has 1 aromatic heterocycles.